The Balaban J connectivity index is 1.20. The Morgan fingerprint density at radius 3 is 2.50 bits per heavy atom. The minimum Gasteiger partial charge on any atom is -0.474 e. The summed E-state index contributed by atoms with van der Waals surface area (Å²) in [4.78, 5) is 28.9. The number of hydrogen-bond acceptors (Lipinski definition) is 5. The van der Waals surface area contributed by atoms with Crippen LogP contribution in [0.4, 0.5) is 10.5 Å². The van der Waals surface area contributed by atoms with E-state index in [4.69, 9.17) is 9.47 Å². The summed E-state index contributed by atoms with van der Waals surface area (Å²) >= 11 is 0. The number of ether oxygens (including phenoxy) is 2. The van der Waals surface area contributed by atoms with Gasteiger partial charge in [0.2, 0.25) is 11.8 Å². The second kappa shape index (κ2) is 9.20. The van der Waals surface area contributed by atoms with Crippen LogP contribution in [0.25, 0.3) is 0 Å². The number of pyridine rings is 1. The Morgan fingerprint density at radius 2 is 1.83 bits per heavy atom. The molecule has 5 rings (SSSR count). The van der Waals surface area contributed by atoms with Crippen molar-refractivity contribution in [2.24, 2.45) is 17.8 Å². The quantitative estimate of drug-likeness (QED) is 0.537. The summed E-state index contributed by atoms with van der Waals surface area (Å²) in [5.74, 6) is 2.50. The third-order valence-electron chi connectivity index (χ3n) is 6.63. The lowest BCUT2D eigenvalue weighted by Gasteiger charge is -2.56. The molecule has 4 fully saturated rings. The molecule has 4 aliphatic rings. The van der Waals surface area contributed by atoms with Gasteiger partial charge in [-0.15, -0.1) is 0 Å². The molecule has 164 valence electrons. The van der Waals surface area contributed by atoms with Gasteiger partial charge in [0.25, 0.3) is 0 Å². The fraction of sp³-hybridized carbons (Fsp3) is 0.682. The van der Waals surface area contributed by atoms with Crippen LogP contribution < -0.4 is 20.7 Å². The van der Waals surface area contributed by atoms with Crippen molar-refractivity contribution < 1.29 is 19.1 Å². The van der Waals surface area contributed by atoms with E-state index in [0.29, 0.717) is 24.8 Å². The van der Waals surface area contributed by atoms with Gasteiger partial charge in [0.1, 0.15) is 12.3 Å². The van der Waals surface area contributed by atoms with E-state index in [-0.39, 0.29) is 30.4 Å². The number of rotatable bonds is 9. The van der Waals surface area contributed by atoms with E-state index in [1.54, 1.807) is 25.4 Å². The molecule has 1 aromatic heterocycles. The number of methoxy groups -OCH3 is 1. The van der Waals surface area contributed by atoms with Crippen molar-refractivity contribution in [3.05, 3.63) is 18.3 Å². The predicted octanol–water partition coefficient (Wildman–Crippen LogP) is 2.70. The molecule has 0 saturated heterocycles. The van der Waals surface area contributed by atoms with Crippen LogP contribution in [0, 0.1) is 17.8 Å². The second-order valence-electron chi connectivity index (χ2n) is 9.07. The number of amides is 3. The average molecular weight is 417 g/mol. The minimum absolute atomic E-state index is 0.0226. The molecule has 4 bridgehead atoms. The van der Waals surface area contributed by atoms with Crippen molar-refractivity contribution >= 4 is 17.6 Å². The maximum Gasteiger partial charge on any atom is 0.315 e. The lowest BCUT2D eigenvalue weighted by Crippen LogP contribution is -2.61. The summed E-state index contributed by atoms with van der Waals surface area (Å²) in [6, 6.07) is 3.31. The topological polar surface area (TPSA) is 102 Å². The van der Waals surface area contributed by atoms with Gasteiger partial charge < -0.3 is 25.4 Å². The highest BCUT2D eigenvalue weighted by atomic mass is 16.5. The summed E-state index contributed by atoms with van der Waals surface area (Å²) in [6.07, 6.45) is 9.14. The van der Waals surface area contributed by atoms with Crippen LogP contribution in [0.15, 0.2) is 18.3 Å². The summed E-state index contributed by atoms with van der Waals surface area (Å²) < 4.78 is 10.5. The Morgan fingerprint density at radius 1 is 1.13 bits per heavy atom. The molecule has 4 aliphatic carbocycles. The zero-order valence-corrected chi connectivity index (χ0v) is 17.6. The normalized spacial score (nSPS) is 28.8. The molecule has 4 saturated carbocycles. The number of nitrogens with zero attached hydrogens (tertiary/aromatic N) is 1. The van der Waals surface area contributed by atoms with Crippen molar-refractivity contribution in [3.8, 4) is 5.88 Å². The van der Waals surface area contributed by atoms with Crippen molar-refractivity contribution in [1.29, 1.82) is 0 Å². The molecule has 0 aliphatic heterocycles. The number of carbonyl (C=O) groups excluding carboxylic acids is 2. The van der Waals surface area contributed by atoms with Gasteiger partial charge in [-0.2, -0.15) is 0 Å². The monoisotopic (exact) mass is 416 g/mol. The average Bonchev–Trinajstić information content (AvgIpc) is 2.68. The zero-order valence-electron chi connectivity index (χ0n) is 17.6. The summed E-state index contributed by atoms with van der Waals surface area (Å²) in [7, 11) is 1.59. The highest BCUT2D eigenvalue weighted by Crippen LogP contribution is 2.55. The van der Waals surface area contributed by atoms with Crippen molar-refractivity contribution in [1.82, 2.24) is 15.6 Å². The molecular formula is C22H32N4O4. The largest absolute Gasteiger partial charge is 0.474 e. The van der Waals surface area contributed by atoms with Crippen LogP contribution in [-0.2, 0) is 9.53 Å². The molecule has 1 aromatic rings. The lowest BCUT2D eigenvalue weighted by atomic mass is 9.53. The molecule has 0 radical (unpaired) electrons. The van der Waals surface area contributed by atoms with E-state index < -0.39 is 0 Å². The van der Waals surface area contributed by atoms with Crippen molar-refractivity contribution in [2.45, 2.75) is 50.5 Å². The third kappa shape index (κ3) is 5.03. The van der Waals surface area contributed by atoms with Gasteiger partial charge in [-0.25, -0.2) is 9.78 Å². The first kappa shape index (κ1) is 20.9. The molecular weight excluding hydrogens is 384 g/mol. The highest BCUT2D eigenvalue weighted by Gasteiger charge is 2.51. The molecule has 3 amide bonds. The molecule has 8 heteroatoms. The summed E-state index contributed by atoms with van der Waals surface area (Å²) in [5.41, 5.74) is 0.488. The standard InChI is InChI=1S/C22H32N4O4/c1-29-7-8-30-20-18(3-2-5-23-20)25-19(27)4-6-24-21(28)26-22-12-15-9-16(13-22)11-17(10-15)14-22/h2-3,5,15-17H,4,6-14H2,1H3,(H,25,27)(H2,24,26,28). The maximum absolute atomic E-state index is 12.5. The SMILES string of the molecule is COCCOc1ncccc1NC(=O)CCNC(=O)NC12CC3CC(CC(C3)C1)C2. The number of aromatic nitrogens is 1. The van der Waals surface area contributed by atoms with Crippen molar-refractivity contribution in [3.63, 3.8) is 0 Å². The van der Waals surface area contributed by atoms with Crippen LogP contribution >= 0.6 is 0 Å². The van der Waals surface area contributed by atoms with E-state index in [1.807, 2.05) is 0 Å². The van der Waals surface area contributed by atoms with Gasteiger partial charge in [0, 0.05) is 31.8 Å². The fourth-order valence-corrected chi connectivity index (χ4v) is 5.87. The number of carbonyl (C=O) groups is 2. The minimum atomic E-state index is -0.199. The van der Waals surface area contributed by atoms with Crippen molar-refractivity contribution in [2.75, 3.05) is 32.2 Å². The predicted molar refractivity (Wildman–Crippen MR) is 112 cm³/mol. The Hall–Kier alpha value is -2.35. The van der Waals surface area contributed by atoms with Gasteiger partial charge in [0.05, 0.1) is 6.61 Å². The number of urea groups is 1. The lowest BCUT2D eigenvalue weighted by molar-refractivity contribution is -0.116. The molecule has 8 nitrogen and oxygen atoms in total. The Labute approximate surface area is 177 Å². The Kier molecular flexibility index (Phi) is 6.41. The van der Waals surface area contributed by atoms with E-state index >= 15 is 0 Å². The van der Waals surface area contributed by atoms with E-state index in [0.717, 1.165) is 37.0 Å². The highest BCUT2D eigenvalue weighted by molar-refractivity contribution is 5.92. The van der Waals surface area contributed by atoms with E-state index in [9.17, 15) is 9.59 Å². The Bertz CT molecular complexity index is 734. The smallest absolute Gasteiger partial charge is 0.315 e. The van der Waals surface area contributed by atoms with Crippen LogP contribution in [-0.4, -0.2) is 49.3 Å². The van der Waals surface area contributed by atoms with Gasteiger partial charge in [-0.3, -0.25) is 4.79 Å². The molecule has 3 N–H and O–H groups in total. The van der Waals surface area contributed by atoms with Crippen LogP contribution in [0.2, 0.25) is 0 Å². The molecule has 0 spiro atoms. The summed E-state index contributed by atoms with van der Waals surface area (Å²) in [5, 5.41) is 8.92. The number of hydrogen-bond donors (Lipinski definition) is 3. The zero-order chi connectivity index (χ0) is 21.0. The number of anilines is 1. The van der Waals surface area contributed by atoms with Crippen LogP contribution in [0.1, 0.15) is 44.9 Å². The molecule has 0 aromatic carbocycles. The maximum atomic E-state index is 12.5. The van der Waals surface area contributed by atoms with Gasteiger partial charge in [-0.1, -0.05) is 0 Å². The van der Waals surface area contributed by atoms with Crippen LogP contribution in [0.5, 0.6) is 5.88 Å². The van der Waals surface area contributed by atoms with E-state index in [1.165, 1.54) is 19.3 Å². The van der Waals surface area contributed by atoms with E-state index in [2.05, 4.69) is 20.9 Å². The first-order chi connectivity index (χ1) is 14.5. The van der Waals surface area contributed by atoms with Gasteiger partial charge in [0.15, 0.2) is 0 Å². The first-order valence-electron chi connectivity index (χ1n) is 11.0. The molecule has 30 heavy (non-hydrogen) atoms. The van der Waals surface area contributed by atoms with Gasteiger partial charge in [-0.05, 0) is 68.4 Å². The fourth-order valence-electron chi connectivity index (χ4n) is 5.87. The summed E-state index contributed by atoms with van der Waals surface area (Å²) in [6.45, 7) is 1.07. The third-order valence-corrected chi connectivity index (χ3v) is 6.63. The molecule has 1 heterocycles. The first-order valence-corrected chi connectivity index (χ1v) is 11.0. The molecule has 0 unspecified atom stereocenters. The number of nitrogens with one attached hydrogen (secondary N) is 3. The second-order valence-corrected chi connectivity index (χ2v) is 9.07. The van der Waals surface area contributed by atoms with Gasteiger partial charge >= 0.3 is 6.03 Å². The molecule has 0 atom stereocenters. The van der Waals surface area contributed by atoms with Crippen LogP contribution in [0.3, 0.4) is 0 Å².